The van der Waals surface area contributed by atoms with E-state index in [1.807, 2.05) is 48.2 Å². The number of nitrogens with zero attached hydrogens (tertiary/aromatic N) is 3. The van der Waals surface area contributed by atoms with Gasteiger partial charge < -0.3 is 24.1 Å². The lowest BCUT2D eigenvalue weighted by Crippen LogP contribution is -2.45. The number of methoxy groups -OCH3 is 1. The quantitative estimate of drug-likeness (QED) is 0.232. The summed E-state index contributed by atoms with van der Waals surface area (Å²) in [6.45, 7) is 14.1. The Balaban J connectivity index is 1.39. The van der Waals surface area contributed by atoms with Crippen LogP contribution >= 0.6 is 11.3 Å². The SMILES string of the molecule is CNC(=O)n1c(C)cc2cc(Oc3ccnc4cc(C(=O)N5C[C@H](OC)C[C@H]5CO[Si](C)(C)C(C)(C)C)sc34)ccc21. The van der Waals surface area contributed by atoms with Crippen LogP contribution < -0.4 is 10.1 Å². The van der Waals surface area contributed by atoms with Gasteiger partial charge in [-0.25, -0.2) is 4.79 Å². The highest BCUT2D eigenvalue weighted by Crippen LogP contribution is 2.39. The predicted octanol–water partition coefficient (Wildman–Crippen LogP) is 6.79. The highest BCUT2D eigenvalue weighted by atomic mass is 32.1. The summed E-state index contributed by atoms with van der Waals surface area (Å²) in [5, 5.41) is 3.66. The lowest BCUT2D eigenvalue weighted by atomic mass is 10.2. The number of thiophene rings is 1. The third-order valence-corrected chi connectivity index (χ3v) is 14.2. The van der Waals surface area contributed by atoms with Crippen molar-refractivity contribution in [3.63, 3.8) is 0 Å². The van der Waals surface area contributed by atoms with E-state index < -0.39 is 8.32 Å². The van der Waals surface area contributed by atoms with Crippen molar-refractivity contribution >= 4 is 52.7 Å². The second-order valence-corrected chi connectivity index (χ2v) is 18.3. The Bertz CT molecular complexity index is 1640. The van der Waals surface area contributed by atoms with Gasteiger partial charge in [-0.15, -0.1) is 11.3 Å². The zero-order valence-electron chi connectivity index (χ0n) is 25.6. The van der Waals surface area contributed by atoms with Crippen LogP contribution in [0.15, 0.2) is 42.6 Å². The molecule has 0 unspecified atom stereocenters. The molecule has 3 aromatic heterocycles. The Morgan fingerprint density at radius 3 is 2.62 bits per heavy atom. The van der Waals surface area contributed by atoms with E-state index in [9.17, 15) is 9.59 Å². The molecule has 2 amide bonds. The van der Waals surface area contributed by atoms with Crippen molar-refractivity contribution in [2.75, 3.05) is 27.3 Å². The molecule has 1 aliphatic heterocycles. The monoisotopic (exact) mass is 608 g/mol. The minimum Gasteiger partial charge on any atom is -0.456 e. The van der Waals surface area contributed by atoms with Crippen molar-refractivity contribution in [3.8, 4) is 11.5 Å². The van der Waals surface area contributed by atoms with Gasteiger partial charge in [0.25, 0.3) is 5.91 Å². The molecule has 4 aromatic rings. The van der Waals surface area contributed by atoms with E-state index in [-0.39, 0.29) is 29.1 Å². The number of fused-ring (bicyclic) bond motifs is 2. The number of carbonyl (C=O) groups is 2. The van der Waals surface area contributed by atoms with Crippen LogP contribution in [-0.2, 0) is 9.16 Å². The summed E-state index contributed by atoms with van der Waals surface area (Å²) in [6, 6.07) is 11.0. The van der Waals surface area contributed by atoms with Gasteiger partial charge in [0.05, 0.1) is 39.4 Å². The maximum absolute atomic E-state index is 13.9. The molecule has 0 radical (unpaired) electrons. The normalized spacial score (nSPS) is 17.8. The molecular formula is C31H40N4O5SSi. The molecule has 5 rings (SSSR count). The first-order valence-electron chi connectivity index (χ1n) is 14.2. The van der Waals surface area contributed by atoms with Gasteiger partial charge in [0.1, 0.15) is 11.5 Å². The van der Waals surface area contributed by atoms with Crippen LogP contribution in [0, 0.1) is 6.92 Å². The maximum atomic E-state index is 13.9. The molecule has 1 saturated heterocycles. The molecule has 1 aliphatic rings. The fourth-order valence-corrected chi connectivity index (χ4v) is 7.18. The van der Waals surface area contributed by atoms with Gasteiger partial charge in [-0.1, -0.05) is 20.8 Å². The zero-order chi connectivity index (χ0) is 30.4. The average Bonchev–Trinajstić information content (AvgIpc) is 3.65. The number of hydrogen-bond acceptors (Lipinski definition) is 7. The fraction of sp³-hybridized carbons (Fsp3) is 0.452. The standard InChI is InChI=1S/C31H40N4O5SSi/c1-19-13-20-14-22(9-10-25(20)35(19)30(37)32-5)40-26-11-12-33-24-16-27(41-28(24)26)29(36)34-17-23(38-6)15-21(34)18-39-42(7,8)31(2,3)4/h9-14,16,21,23H,15,17-18H2,1-8H3,(H,32,37)/t21-,23+/m0/s1. The lowest BCUT2D eigenvalue weighted by Gasteiger charge is -2.37. The third-order valence-electron chi connectivity index (χ3n) is 8.60. The predicted molar refractivity (Wildman–Crippen MR) is 170 cm³/mol. The number of nitrogens with one attached hydrogen (secondary N) is 1. The number of hydrogen-bond donors (Lipinski definition) is 1. The number of benzene rings is 1. The number of pyridine rings is 1. The van der Waals surface area contributed by atoms with Crippen LogP contribution in [0.4, 0.5) is 4.79 Å². The van der Waals surface area contributed by atoms with Crippen molar-refractivity contribution in [1.29, 1.82) is 0 Å². The first kappa shape index (κ1) is 30.2. The summed E-state index contributed by atoms with van der Waals surface area (Å²) in [5.41, 5.74) is 2.34. The molecule has 2 atom stereocenters. The first-order chi connectivity index (χ1) is 19.8. The van der Waals surface area contributed by atoms with Crippen LogP contribution in [0.2, 0.25) is 18.1 Å². The molecule has 224 valence electrons. The fourth-order valence-electron chi connectivity index (χ4n) is 5.12. The number of ether oxygens (including phenoxy) is 2. The summed E-state index contributed by atoms with van der Waals surface area (Å²) in [5.74, 6) is 1.22. The Morgan fingerprint density at radius 2 is 1.93 bits per heavy atom. The number of aromatic nitrogens is 2. The Hall–Kier alpha value is -3.25. The zero-order valence-corrected chi connectivity index (χ0v) is 27.4. The highest BCUT2D eigenvalue weighted by Gasteiger charge is 2.41. The number of likely N-dealkylation sites (tertiary alicyclic amines) is 1. The number of carbonyl (C=O) groups excluding carboxylic acids is 2. The third kappa shape index (κ3) is 5.70. The van der Waals surface area contributed by atoms with E-state index in [0.717, 1.165) is 27.7 Å². The van der Waals surface area contributed by atoms with E-state index in [1.54, 1.807) is 24.9 Å². The molecule has 11 heteroatoms. The summed E-state index contributed by atoms with van der Waals surface area (Å²) >= 11 is 1.39. The van der Waals surface area contributed by atoms with Gasteiger partial charge in [-0.3, -0.25) is 14.3 Å². The number of aryl methyl sites for hydroxylation is 1. The van der Waals surface area contributed by atoms with Crippen molar-refractivity contribution in [2.24, 2.45) is 0 Å². The summed E-state index contributed by atoms with van der Waals surface area (Å²) in [6.07, 6.45) is 2.42. The lowest BCUT2D eigenvalue weighted by molar-refractivity contribution is 0.0657. The molecule has 4 heterocycles. The first-order valence-corrected chi connectivity index (χ1v) is 17.9. The van der Waals surface area contributed by atoms with Crippen LogP contribution in [0.5, 0.6) is 11.5 Å². The highest BCUT2D eigenvalue weighted by molar-refractivity contribution is 7.21. The van der Waals surface area contributed by atoms with Crippen molar-refractivity contribution < 1.29 is 23.5 Å². The minimum atomic E-state index is -1.97. The Labute approximate surface area is 251 Å². The van der Waals surface area contributed by atoms with Crippen molar-refractivity contribution in [3.05, 3.63) is 53.2 Å². The Morgan fingerprint density at radius 1 is 1.17 bits per heavy atom. The van der Waals surface area contributed by atoms with E-state index in [2.05, 4.69) is 44.2 Å². The molecule has 0 bridgehead atoms. The molecule has 0 aliphatic carbocycles. The Kier molecular flexibility index (Phi) is 8.23. The van der Waals surface area contributed by atoms with Crippen LogP contribution in [0.25, 0.3) is 21.1 Å². The van der Waals surface area contributed by atoms with E-state index in [4.69, 9.17) is 13.9 Å². The summed E-state index contributed by atoms with van der Waals surface area (Å²) in [4.78, 5) is 33.2. The van der Waals surface area contributed by atoms with E-state index in [0.29, 0.717) is 35.0 Å². The van der Waals surface area contributed by atoms with Crippen LogP contribution in [0.1, 0.15) is 42.6 Å². The summed E-state index contributed by atoms with van der Waals surface area (Å²) < 4.78 is 21.0. The average molecular weight is 609 g/mol. The van der Waals surface area contributed by atoms with Gasteiger partial charge >= 0.3 is 6.03 Å². The molecule has 0 saturated carbocycles. The minimum absolute atomic E-state index is 0.0230. The maximum Gasteiger partial charge on any atom is 0.325 e. The second kappa shape index (κ2) is 11.4. The molecular weight excluding hydrogens is 569 g/mol. The molecule has 1 fully saturated rings. The molecule has 1 N–H and O–H groups in total. The van der Waals surface area contributed by atoms with Gasteiger partial charge in [-0.2, -0.15) is 0 Å². The van der Waals surface area contributed by atoms with Gasteiger partial charge in [0, 0.05) is 44.0 Å². The van der Waals surface area contributed by atoms with E-state index in [1.165, 1.54) is 11.3 Å². The van der Waals surface area contributed by atoms with Crippen molar-refractivity contribution in [2.45, 2.75) is 64.4 Å². The molecule has 42 heavy (non-hydrogen) atoms. The smallest absolute Gasteiger partial charge is 0.325 e. The van der Waals surface area contributed by atoms with Crippen LogP contribution in [-0.4, -0.2) is 74.2 Å². The molecule has 9 nitrogen and oxygen atoms in total. The van der Waals surface area contributed by atoms with Crippen molar-refractivity contribution in [1.82, 2.24) is 19.8 Å². The van der Waals surface area contributed by atoms with Gasteiger partial charge in [-0.05, 0) is 61.8 Å². The van der Waals surface area contributed by atoms with Gasteiger partial charge in [0.2, 0.25) is 0 Å². The largest absolute Gasteiger partial charge is 0.456 e. The molecule has 0 spiro atoms. The molecule has 1 aromatic carbocycles. The number of amides is 2. The summed E-state index contributed by atoms with van der Waals surface area (Å²) in [7, 11) is 1.34. The topological polar surface area (TPSA) is 94.9 Å². The van der Waals surface area contributed by atoms with E-state index >= 15 is 0 Å². The van der Waals surface area contributed by atoms with Gasteiger partial charge in [0.15, 0.2) is 8.32 Å². The second-order valence-electron chi connectivity index (χ2n) is 12.4. The van der Waals surface area contributed by atoms with Crippen LogP contribution in [0.3, 0.4) is 0 Å². The number of rotatable bonds is 7.